The van der Waals surface area contributed by atoms with Crippen molar-refractivity contribution in [3.05, 3.63) is 21.5 Å². The number of nitrogens with one attached hydrogen (secondary N) is 1. The lowest BCUT2D eigenvalue weighted by Gasteiger charge is -2.15. The zero-order valence-electron chi connectivity index (χ0n) is 8.91. The summed E-state index contributed by atoms with van der Waals surface area (Å²) in [7, 11) is -2.95. The molecule has 0 bridgehead atoms. The molecular formula is C10H12FIN2O2S. The first-order valence-electron chi connectivity index (χ1n) is 5.09. The number of benzene rings is 1. The molecule has 0 spiro atoms. The van der Waals surface area contributed by atoms with Gasteiger partial charge in [0.05, 0.1) is 26.5 Å². The van der Waals surface area contributed by atoms with Crippen LogP contribution in [0.1, 0.15) is 6.42 Å². The van der Waals surface area contributed by atoms with Gasteiger partial charge in [-0.05, 0) is 35.1 Å². The lowest BCUT2D eigenvalue weighted by molar-refractivity contribution is 0.602. The van der Waals surface area contributed by atoms with Crippen LogP contribution in [-0.4, -0.2) is 26.0 Å². The first-order chi connectivity index (χ1) is 7.87. The van der Waals surface area contributed by atoms with E-state index in [0.717, 1.165) is 0 Å². The van der Waals surface area contributed by atoms with E-state index in [1.807, 2.05) is 22.6 Å². The van der Waals surface area contributed by atoms with Crippen LogP contribution in [0.5, 0.6) is 0 Å². The van der Waals surface area contributed by atoms with Gasteiger partial charge in [-0.25, -0.2) is 12.8 Å². The molecule has 1 saturated heterocycles. The lowest BCUT2D eigenvalue weighted by atomic mass is 10.2. The average molecular weight is 370 g/mol. The van der Waals surface area contributed by atoms with Gasteiger partial charge in [0.15, 0.2) is 9.84 Å². The van der Waals surface area contributed by atoms with Crippen LogP contribution >= 0.6 is 22.6 Å². The van der Waals surface area contributed by atoms with E-state index in [1.54, 1.807) is 0 Å². The molecule has 1 aromatic rings. The Hall–Kier alpha value is -0.570. The highest BCUT2D eigenvalue weighted by Crippen LogP contribution is 2.26. The summed E-state index contributed by atoms with van der Waals surface area (Å²) in [6.07, 6.45) is 0.537. The molecule has 1 atom stereocenters. The summed E-state index contributed by atoms with van der Waals surface area (Å²) in [4.78, 5) is 0. The van der Waals surface area contributed by atoms with Gasteiger partial charge in [0.1, 0.15) is 5.82 Å². The van der Waals surface area contributed by atoms with Crippen molar-refractivity contribution in [1.82, 2.24) is 0 Å². The number of rotatable bonds is 2. The van der Waals surface area contributed by atoms with Crippen LogP contribution in [0, 0.1) is 9.39 Å². The maximum absolute atomic E-state index is 13.4. The molecule has 7 heteroatoms. The second-order valence-electron chi connectivity index (χ2n) is 4.10. The molecule has 4 nitrogen and oxygen atoms in total. The molecule has 1 unspecified atom stereocenters. The Kier molecular flexibility index (Phi) is 3.48. The first-order valence-corrected chi connectivity index (χ1v) is 7.99. The number of halogens is 2. The molecule has 0 radical (unpaired) electrons. The number of anilines is 2. The van der Waals surface area contributed by atoms with Crippen LogP contribution in [0.15, 0.2) is 12.1 Å². The van der Waals surface area contributed by atoms with Gasteiger partial charge in [-0.1, -0.05) is 0 Å². The third kappa shape index (κ3) is 3.01. The molecule has 2 rings (SSSR count). The lowest BCUT2D eigenvalue weighted by Crippen LogP contribution is -2.21. The standard InChI is InChI=1S/C10H12FIN2O2S/c11-7-3-10(9(13)4-8(7)12)14-6-1-2-17(15,16)5-6/h3-4,6,14H,1-2,5,13H2. The summed E-state index contributed by atoms with van der Waals surface area (Å²) in [6.45, 7) is 0. The Labute approximate surface area is 113 Å². The molecule has 0 amide bonds. The zero-order chi connectivity index (χ0) is 12.6. The largest absolute Gasteiger partial charge is 0.397 e. The SMILES string of the molecule is Nc1cc(I)c(F)cc1NC1CCS(=O)(=O)C1. The topological polar surface area (TPSA) is 72.2 Å². The molecule has 0 aliphatic carbocycles. The number of sulfone groups is 1. The average Bonchev–Trinajstić information content (AvgIpc) is 2.54. The van der Waals surface area contributed by atoms with Gasteiger partial charge < -0.3 is 11.1 Å². The van der Waals surface area contributed by atoms with E-state index in [-0.39, 0.29) is 23.4 Å². The van der Waals surface area contributed by atoms with Crippen LogP contribution in [0.4, 0.5) is 15.8 Å². The normalized spacial score (nSPS) is 22.6. The van der Waals surface area contributed by atoms with Gasteiger partial charge in [0.25, 0.3) is 0 Å². The van der Waals surface area contributed by atoms with Crippen LogP contribution in [0.3, 0.4) is 0 Å². The maximum atomic E-state index is 13.4. The van der Waals surface area contributed by atoms with Crippen molar-refractivity contribution in [1.29, 1.82) is 0 Å². The van der Waals surface area contributed by atoms with Crippen molar-refractivity contribution in [3.63, 3.8) is 0 Å². The summed E-state index contributed by atoms with van der Waals surface area (Å²) in [5, 5.41) is 2.99. The summed E-state index contributed by atoms with van der Waals surface area (Å²) in [5.41, 5.74) is 6.65. The van der Waals surface area contributed by atoms with Crippen molar-refractivity contribution >= 4 is 43.8 Å². The minimum absolute atomic E-state index is 0.0834. The highest BCUT2D eigenvalue weighted by Gasteiger charge is 2.28. The molecular weight excluding hydrogens is 358 g/mol. The number of nitrogen functional groups attached to an aromatic ring is 1. The summed E-state index contributed by atoms with van der Waals surface area (Å²) >= 11 is 1.86. The Morgan fingerprint density at radius 1 is 1.47 bits per heavy atom. The monoisotopic (exact) mass is 370 g/mol. The molecule has 1 fully saturated rings. The van der Waals surface area contributed by atoms with Gasteiger partial charge in [0.2, 0.25) is 0 Å². The van der Waals surface area contributed by atoms with Crippen LogP contribution in [0.25, 0.3) is 0 Å². The summed E-state index contributed by atoms with van der Waals surface area (Å²) < 4.78 is 36.4. The summed E-state index contributed by atoms with van der Waals surface area (Å²) in [5.74, 6) is -0.0968. The Balaban J connectivity index is 2.17. The van der Waals surface area contributed by atoms with E-state index in [2.05, 4.69) is 5.32 Å². The fourth-order valence-electron chi connectivity index (χ4n) is 1.82. The molecule has 1 aliphatic rings. The van der Waals surface area contributed by atoms with Crippen molar-refractivity contribution in [2.75, 3.05) is 22.6 Å². The third-order valence-electron chi connectivity index (χ3n) is 2.68. The highest BCUT2D eigenvalue weighted by atomic mass is 127. The molecule has 1 aliphatic heterocycles. The predicted octanol–water partition coefficient (Wildman–Crippen LogP) is 1.61. The van der Waals surface area contributed by atoms with Gasteiger partial charge in [-0.3, -0.25) is 0 Å². The van der Waals surface area contributed by atoms with Crippen LogP contribution in [0.2, 0.25) is 0 Å². The van der Waals surface area contributed by atoms with Crippen LogP contribution < -0.4 is 11.1 Å². The molecule has 0 saturated carbocycles. The predicted molar refractivity (Wildman–Crippen MR) is 74.2 cm³/mol. The van der Waals surface area contributed by atoms with Crippen molar-refractivity contribution in [2.24, 2.45) is 0 Å². The highest BCUT2D eigenvalue weighted by molar-refractivity contribution is 14.1. The summed E-state index contributed by atoms with van der Waals surface area (Å²) in [6, 6.07) is 2.66. The molecule has 3 N–H and O–H groups in total. The Morgan fingerprint density at radius 3 is 2.76 bits per heavy atom. The fraction of sp³-hybridized carbons (Fsp3) is 0.400. The molecule has 17 heavy (non-hydrogen) atoms. The van der Waals surface area contributed by atoms with E-state index in [1.165, 1.54) is 12.1 Å². The Bertz CT molecular complexity index is 547. The van der Waals surface area contributed by atoms with Crippen LogP contribution in [-0.2, 0) is 9.84 Å². The number of nitrogens with two attached hydrogens (primary N) is 1. The molecule has 1 aromatic carbocycles. The first kappa shape index (κ1) is 12.9. The minimum atomic E-state index is -2.95. The van der Waals surface area contributed by atoms with Gasteiger partial charge >= 0.3 is 0 Å². The van der Waals surface area contributed by atoms with Gasteiger partial charge in [0, 0.05) is 12.1 Å². The van der Waals surface area contributed by atoms with E-state index in [0.29, 0.717) is 21.4 Å². The minimum Gasteiger partial charge on any atom is -0.397 e. The van der Waals surface area contributed by atoms with E-state index in [9.17, 15) is 12.8 Å². The number of hydrogen-bond acceptors (Lipinski definition) is 4. The third-order valence-corrected chi connectivity index (χ3v) is 5.28. The van der Waals surface area contributed by atoms with Gasteiger partial charge in [-0.2, -0.15) is 0 Å². The molecule has 0 aromatic heterocycles. The number of hydrogen-bond donors (Lipinski definition) is 2. The molecule has 1 heterocycles. The second-order valence-corrected chi connectivity index (χ2v) is 7.49. The van der Waals surface area contributed by atoms with E-state index >= 15 is 0 Å². The Morgan fingerprint density at radius 2 is 2.18 bits per heavy atom. The maximum Gasteiger partial charge on any atom is 0.152 e. The van der Waals surface area contributed by atoms with Crippen molar-refractivity contribution < 1.29 is 12.8 Å². The quantitative estimate of drug-likeness (QED) is 0.613. The van der Waals surface area contributed by atoms with Gasteiger partial charge in [-0.15, -0.1) is 0 Å². The van der Waals surface area contributed by atoms with E-state index < -0.39 is 9.84 Å². The smallest absolute Gasteiger partial charge is 0.152 e. The zero-order valence-corrected chi connectivity index (χ0v) is 11.9. The van der Waals surface area contributed by atoms with Crippen molar-refractivity contribution in [3.8, 4) is 0 Å². The fourth-order valence-corrected chi connectivity index (χ4v) is 3.98. The van der Waals surface area contributed by atoms with Crippen molar-refractivity contribution in [2.45, 2.75) is 12.5 Å². The second kappa shape index (κ2) is 4.60. The molecule has 94 valence electrons. The van der Waals surface area contributed by atoms with E-state index in [4.69, 9.17) is 5.73 Å².